The molecule has 0 amide bonds. The van der Waals surface area contributed by atoms with Crippen LogP contribution in [-0.2, 0) is 9.53 Å². The average molecular weight is 241 g/mol. The highest BCUT2D eigenvalue weighted by atomic mass is 16.5. The molecule has 1 aliphatic carbocycles. The van der Waals surface area contributed by atoms with Crippen LogP contribution in [0.15, 0.2) is 0 Å². The zero-order valence-electron chi connectivity index (χ0n) is 11.5. The van der Waals surface area contributed by atoms with Crippen molar-refractivity contribution in [1.29, 1.82) is 0 Å². The van der Waals surface area contributed by atoms with E-state index in [1.165, 1.54) is 0 Å². The summed E-state index contributed by atoms with van der Waals surface area (Å²) in [7, 11) is 0. The number of hydrogen-bond donors (Lipinski definition) is 1. The summed E-state index contributed by atoms with van der Waals surface area (Å²) in [6.07, 6.45) is 6.24. The second-order valence-corrected chi connectivity index (χ2v) is 6.02. The predicted molar refractivity (Wildman–Crippen MR) is 69.6 cm³/mol. The molecular weight excluding hydrogens is 214 g/mol. The summed E-state index contributed by atoms with van der Waals surface area (Å²) in [6.45, 7) is 7.04. The van der Waals surface area contributed by atoms with E-state index >= 15 is 0 Å². The smallest absolute Gasteiger partial charge is 0.310 e. The zero-order chi connectivity index (χ0) is 12.9. The van der Waals surface area contributed by atoms with E-state index in [9.17, 15) is 4.79 Å². The van der Waals surface area contributed by atoms with Crippen LogP contribution in [0.5, 0.6) is 0 Å². The van der Waals surface area contributed by atoms with Crippen LogP contribution in [0.3, 0.4) is 0 Å². The molecule has 2 N–H and O–H groups in total. The maximum atomic E-state index is 11.9. The summed E-state index contributed by atoms with van der Waals surface area (Å²) in [6, 6.07) is 0. The highest BCUT2D eigenvalue weighted by Gasteiger charge is 2.30. The Hall–Kier alpha value is -0.570. The van der Waals surface area contributed by atoms with E-state index in [4.69, 9.17) is 10.5 Å². The number of esters is 1. The number of ether oxygens (including phenoxy) is 1. The normalized spacial score (nSPS) is 22.1. The van der Waals surface area contributed by atoms with Crippen molar-refractivity contribution in [2.45, 2.75) is 65.4 Å². The van der Waals surface area contributed by atoms with Gasteiger partial charge in [-0.05, 0) is 37.5 Å². The predicted octanol–water partition coefficient (Wildman–Crippen LogP) is 2.87. The fourth-order valence-electron chi connectivity index (χ4n) is 2.43. The number of rotatable bonds is 5. The minimum Gasteiger partial charge on any atom is -0.462 e. The molecule has 0 aromatic carbocycles. The maximum absolute atomic E-state index is 11.9. The van der Waals surface area contributed by atoms with Crippen molar-refractivity contribution in [3.63, 3.8) is 0 Å². The first-order chi connectivity index (χ1) is 7.98. The van der Waals surface area contributed by atoms with Gasteiger partial charge >= 0.3 is 5.97 Å². The van der Waals surface area contributed by atoms with Gasteiger partial charge in [-0.1, -0.05) is 27.2 Å². The van der Waals surface area contributed by atoms with E-state index in [0.29, 0.717) is 12.0 Å². The SMILES string of the molecule is CCCC(CN)C(=O)OC1CCC(C)(C)CC1. The lowest BCUT2D eigenvalue weighted by molar-refractivity contribution is -0.156. The summed E-state index contributed by atoms with van der Waals surface area (Å²) in [5.74, 6) is -0.186. The van der Waals surface area contributed by atoms with Gasteiger partial charge in [-0.25, -0.2) is 0 Å². The second kappa shape index (κ2) is 6.39. The molecule has 3 nitrogen and oxygen atoms in total. The fourth-order valence-corrected chi connectivity index (χ4v) is 2.43. The Balaban J connectivity index is 2.36. The van der Waals surface area contributed by atoms with Crippen LogP contribution in [0.1, 0.15) is 59.3 Å². The highest BCUT2D eigenvalue weighted by Crippen LogP contribution is 2.36. The first-order valence-corrected chi connectivity index (χ1v) is 6.89. The van der Waals surface area contributed by atoms with Crippen LogP contribution in [-0.4, -0.2) is 18.6 Å². The lowest BCUT2D eigenvalue weighted by Crippen LogP contribution is -2.33. The largest absolute Gasteiger partial charge is 0.462 e. The number of carbonyl (C=O) groups excluding carboxylic acids is 1. The Kier molecular flexibility index (Phi) is 5.44. The van der Waals surface area contributed by atoms with Gasteiger partial charge in [0.25, 0.3) is 0 Å². The molecule has 1 aliphatic rings. The van der Waals surface area contributed by atoms with Crippen molar-refractivity contribution in [1.82, 2.24) is 0 Å². The fraction of sp³-hybridized carbons (Fsp3) is 0.929. The van der Waals surface area contributed by atoms with Gasteiger partial charge in [0.05, 0.1) is 5.92 Å². The minimum atomic E-state index is -0.102. The molecule has 1 rings (SSSR count). The molecule has 3 heteroatoms. The topological polar surface area (TPSA) is 52.3 Å². The maximum Gasteiger partial charge on any atom is 0.310 e. The molecule has 1 saturated carbocycles. The lowest BCUT2D eigenvalue weighted by atomic mass is 9.76. The Morgan fingerprint density at radius 3 is 2.47 bits per heavy atom. The third-order valence-electron chi connectivity index (χ3n) is 3.82. The van der Waals surface area contributed by atoms with Crippen LogP contribution in [0.25, 0.3) is 0 Å². The lowest BCUT2D eigenvalue weighted by Gasteiger charge is -2.34. The van der Waals surface area contributed by atoms with E-state index in [1.54, 1.807) is 0 Å². The summed E-state index contributed by atoms with van der Waals surface area (Å²) in [5, 5.41) is 0. The molecule has 0 saturated heterocycles. The molecule has 0 aromatic heterocycles. The Bertz CT molecular complexity index is 241. The summed E-state index contributed by atoms with van der Waals surface area (Å²) < 4.78 is 5.57. The van der Waals surface area contributed by atoms with Crippen molar-refractivity contribution in [3.05, 3.63) is 0 Å². The Morgan fingerprint density at radius 2 is 2.00 bits per heavy atom. The van der Waals surface area contributed by atoms with Crippen molar-refractivity contribution in [3.8, 4) is 0 Å². The minimum absolute atomic E-state index is 0.0842. The van der Waals surface area contributed by atoms with Crippen LogP contribution in [0.4, 0.5) is 0 Å². The van der Waals surface area contributed by atoms with E-state index in [2.05, 4.69) is 20.8 Å². The van der Waals surface area contributed by atoms with Gasteiger partial charge < -0.3 is 10.5 Å². The van der Waals surface area contributed by atoms with Crippen molar-refractivity contribution in [2.24, 2.45) is 17.1 Å². The van der Waals surface area contributed by atoms with Gasteiger partial charge in [0, 0.05) is 6.54 Å². The molecule has 1 fully saturated rings. The van der Waals surface area contributed by atoms with Crippen LogP contribution in [0.2, 0.25) is 0 Å². The van der Waals surface area contributed by atoms with Gasteiger partial charge in [0.2, 0.25) is 0 Å². The first kappa shape index (κ1) is 14.5. The molecule has 1 atom stereocenters. The molecular formula is C14H27NO2. The van der Waals surface area contributed by atoms with Gasteiger partial charge in [0.1, 0.15) is 6.10 Å². The molecule has 0 bridgehead atoms. The van der Waals surface area contributed by atoms with E-state index in [0.717, 1.165) is 38.5 Å². The molecule has 0 aromatic rings. The first-order valence-electron chi connectivity index (χ1n) is 6.89. The van der Waals surface area contributed by atoms with Crippen LogP contribution < -0.4 is 5.73 Å². The van der Waals surface area contributed by atoms with E-state index in [1.807, 2.05) is 0 Å². The quantitative estimate of drug-likeness (QED) is 0.753. The van der Waals surface area contributed by atoms with Gasteiger partial charge in [0.15, 0.2) is 0 Å². The molecule has 0 radical (unpaired) electrons. The third kappa shape index (κ3) is 4.66. The molecule has 0 spiro atoms. The van der Waals surface area contributed by atoms with E-state index in [-0.39, 0.29) is 18.0 Å². The summed E-state index contributed by atoms with van der Waals surface area (Å²) in [4.78, 5) is 11.9. The van der Waals surface area contributed by atoms with Crippen molar-refractivity contribution in [2.75, 3.05) is 6.54 Å². The summed E-state index contributed by atoms with van der Waals surface area (Å²) in [5.41, 5.74) is 6.02. The number of carbonyl (C=O) groups is 1. The Morgan fingerprint density at radius 1 is 1.41 bits per heavy atom. The Labute approximate surface area is 105 Å². The monoisotopic (exact) mass is 241 g/mol. The molecule has 100 valence electrons. The molecule has 0 aliphatic heterocycles. The number of hydrogen-bond acceptors (Lipinski definition) is 3. The standard InChI is InChI=1S/C14H27NO2/c1-4-5-11(10-15)13(16)17-12-6-8-14(2,3)9-7-12/h11-12H,4-10,15H2,1-3H3. The third-order valence-corrected chi connectivity index (χ3v) is 3.82. The van der Waals surface area contributed by atoms with Gasteiger partial charge in [-0.15, -0.1) is 0 Å². The van der Waals surface area contributed by atoms with Gasteiger partial charge in [-0.2, -0.15) is 0 Å². The molecule has 0 heterocycles. The zero-order valence-corrected chi connectivity index (χ0v) is 11.5. The summed E-state index contributed by atoms with van der Waals surface area (Å²) >= 11 is 0. The van der Waals surface area contributed by atoms with Gasteiger partial charge in [-0.3, -0.25) is 4.79 Å². The highest BCUT2D eigenvalue weighted by molar-refractivity contribution is 5.72. The molecule has 1 unspecified atom stereocenters. The van der Waals surface area contributed by atoms with E-state index < -0.39 is 0 Å². The van der Waals surface area contributed by atoms with Crippen LogP contribution in [0, 0.1) is 11.3 Å². The average Bonchev–Trinajstić information content (AvgIpc) is 2.28. The molecule has 17 heavy (non-hydrogen) atoms. The van der Waals surface area contributed by atoms with Crippen molar-refractivity contribution < 1.29 is 9.53 Å². The van der Waals surface area contributed by atoms with Crippen molar-refractivity contribution >= 4 is 5.97 Å². The second-order valence-electron chi connectivity index (χ2n) is 6.02. The number of nitrogens with two attached hydrogens (primary N) is 1. The van der Waals surface area contributed by atoms with Crippen LogP contribution >= 0.6 is 0 Å².